The normalized spacial score (nSPS) is 11.2. The summed E-state index contributed by atoms with van der Waals surface area (Å²) < 4.78 is 1.81. The molecule has 0 aliphatic carbocycles. The molecule has 0 spiro atoms. The average molecular weight is 165 g/mol. The van der Waals surface area contributed by atoms with Crippen LogP contribution in [-0.4, -0.2) is 16.3 Å². The third-order valence-electron chi connectivity index (χ3n) is 1.57. The average Bonchev–Trinajstić information content (AvgIpc) is 2.45. The molecular formula is C9H15N3. The van der Waals surface area contributed by atoms with Crippen LogP contribution >= 0.6 is 0 Å². The minimum Gasteiger partial charge on any atom is -0.308 e. The Morgan fingerprint density at radius 1 is 1.67 bits per heavy atom. The molecule has 1 heterocycles. The van der Waals surface area contributed by atoms with Gasteiger partial charge in [0.15, 0.2) is 0 Å². The summed E-state index contributed by atoms with van der Waals surface area (Å²) in [4.78, 5) is 0. The van der Waals surface area contributed by atoms with E-state index in [-0.39, 0.29) is 0 Å². The van der Waals surface area contributed by atoms with Gasteiger partial charge in [-0.3, -0.25) is 4.68 Å². The van der Waals surface area contributed by atoms with E-state index < -0.39 is 0 Å². The highest BCUT2D eigenvalue weighted by Crippen LogP contribution is 1.91. The van der Waals surface area contributed by atoms with Gasteiger partial charge in [-0.1, -0.05) is 12.2 Å². The molecule has 3 heteroatoms. The van der Waals surface area contributed by atoms with Gasteiger partial charge >= 0.3 is 0 Å². The first-order valence-electron chi connectivity index (χ1n) is 4.13. The van der Waals surface area contributed by atoms with Crippen molar-refractivity contribution in [2.75, 3.05) is 6.54 Å². The summed E-state index contributed by atoms with van der Waals surface area (Å²) in [6, 6.07) is 2.02. The van der Waals surface area contributed by atoms with Gasteiger partial charge in [0.05, 0.1) is 5.69 Å². The van der Waals surface area contributed by atoms with Crippen LogP contribution in [0.25, 0.3) is 0 Å². The zero-order valence-electron chi connectivity index (χ0n) is 7.62. The number of hydrogen-bond acceptors (Lipinski definition) is 2. The lowest BCUT2D eigenvalue weighted by Gasteiger charge is -1.96. The van der Waals surface area contributed by atoms with Crippen molar-refractivity contribution in [3.8, 4) is 0 Å². The molecule has 66 valence electrons. The highest BCUT2D eigenvalue weighted by molar-refractivity contribution is 4.98. The molecule has 1 aromatic rings. The second kappa shape index (κ2) is 4.72. The SMILES string of the molecule is C/C=C/CNCc1ccn(C)n1. The molecule has 0 unspecified atom stereocenters. The Hall–Kier alpha value is -1.09. The molecule has 1 rings (SSSR count). The van der Waals surface area contributed by atoms with Crippen LogP contribution < -0.4 is 5.32 Å². The predicted molar refractivity (Wildman–Crippen MR) is 49.7 cm³/mol. The van der Waals surface area contributed by atoms with E-state index in [9.17, 15) is 0 Å². The second-order valence-electron chi connectivity index (χ2n) is 2.68. The van der Waals surface area contributed by atoms with Crippen molar-refractivity contribution in [2.24, 2.45) is 7.05 Å². The molecule has 3 nitrogen and oxygen atoms in total. The Morgan fingerprint density at radius 3 is 3.08 bits per heavy atom. The molecule has 0 saturated carbocycles. The van der Waals surface area contributed by atoms with Crippen LogP contribution in [0.5, 0.6) is 0 Å². The van der Waals surface area contributed by atoms with Gasteiger partial charge < -0.3 is 5.32 Å². The Kier molecular flexibility index (Phi) is 3.54. The molecule has 0 aliphatic heterocycles. The van der Waals surface area contributed by atoms with Crippen LogP contribution in [0.3, 0.4) is 0 Å². The maximum absolute atomic E-state index is 4.24. The summed E-state index contributed by atoms with van der Waals surface area (Å²) in [5.41, 5.74) is 1.09. The van der Waals surface area contributed by atoms with Gasteiger partial charge in [0.1, 0.15) is 0 Å². The fourth-order valence-electron chi connectivity index (χ4n) is 0.959. The number of aromatic nitrogens is 2. The van der Waals surface area contributed by atoms with Crippen LogP contribution in [0.1, 0.15) is 12.6 Å². The summed E-state index contributed by atoms with van der Waals surface area (Å²) in [6.45, 7) is 3.76. The number of nitrogens with zero attached hydrogens (tertiary/aromatic N) is 2. The number of rotatable bonds is 4. The minimum atomic E-state index is 0.838. The van der Waals surface area contributed by atoms with Gasteiger partial charge in [-0.25, -0.2) is 0 Å². The molecular weight excluding hydrogens is 150 g/mol. The number of aryl methyl sites for hydroxylation is 1. The van der Waals surface area contributed by atoms with Crippen LogP contribution in [0, 0.1) is 0 Å². The first-order valence-corrected chi connectivity index (χ1v) is 4.13. The fraction of sp³-hybridized carbons (Fsp3) is 0.444. The second-order valence-corrected chi connectivity index (χ2v) is 2.68. The molecule has 12 heavy (non-hydrogen) atoms. The molecule has 1 aromatic heterocycles. The Balaban J connectivity index is 2.24. The van der Waals surface area contributed by atoms with Gasteiger partial charge in [-0.05, 0) is 13.0 Å². The molecule has 0 aliphatic rings. The van der Waals surface area contributed by atoms with Gasteiger partial charge in [0.25, 0.3) is 0 Å². The van der Waals surface area contributed by atoms with Crippen molar-refractivity contribution in [1.29, 1.82) is 0 Å². The first-order chi connectivity index (χ1) is 5.83. The Labute approximate surface area is 73.1 Å². The Morgan fingerprint density at radius 2 is 2.50 bits per heavy atom. The van der Waals surface area contributed by atoms with Gasteiger partial charge in [0.2, 0.25) is 0 Å². The zero-order chi connectivity index (χ0) is 8.81. The smallest absolute Gasteiger partial charge is 0.0762 e. The summed E-state index contributed by atoms with van der Waals surface area (Å²) in [5, 5.41) is 7.49. The van der Waals surface area contributed by atoms with E-state index in [1.807, 2.05) is 37.0 Å². The monoisotopic (exact) mass is 165 g/mol. The Bertz CT molecular complexity index is 250. The van der Waals surface area contributed by atoms with Crippen molar-refractivity contribution < 1.29 is 0 Å². The van der Waals surface area contributed by atoms with E-state index >= 15 is 0 Å². The zero-order valence-corrected chi connectivity index (χ0v) is 7.62. The highest BCUT2D eigenvalue weighted by atomic mass is 15.3. The summed E-state index contributed by atoms with van der Waals surface area (Å²) in [7, 11) is 1.93. The maximum atomic E-state index is 4.24. The lowest BCUT2D eigenvalue weighted by atomic mass is 10.4. The summed E-state index contributed by atoms with van der Waals surface area (Å²) in [5.74, 6) is 0. The summed E-state index contributed by atoms with van der Waals surface area (Å²) >= 11 is 0. The summed E-state index contributed by atoms with van der Waals surface area (Å²) in [6.07, 6.45) is 6.07. The molecule has 0 bridgehead atoms. The van der Waals surface area contributed by atoms with Crippen molar-refractivity contribution >= 4 is 0 Å². The van der Waals surface area contributed by atoms with E-state index in [2.05, 4.69) is 16.5 Å². The molecule has 1 N–H and O–H groups in total. The van der Waals surface area contributed by atoms with E-state index in [0.29, 0.717) is 0 Å². The molecule has 0 atom stereocenters. The predicted octanol–water partition coefficient (Wildman–Crippen LogP) is 1.09. The molecule has 0 aromatic carbocycles. The van der Waals surface area contributed by atoms with Crippen LogP contribution in [-0.2, 0) is 13.6 Å². The van der Waals surface area contributed by atoms with Crippen LogP contribution in [0.15, 0.2) is 24.4 Å². The maximum Gasteiger partial charge on any atom is 0.0762 e. The molecule has 0 saturated heterocycles. The largest absolute Gasteiger partial charge is 0.308 e. The number of allylic oxidation sites excluding steroid dienone is 1. The van der Waals surface area contributed by atoms with Crippen molar-refractivity contribution in [1.82, 2.24) is 15.1 Å². The molecule has 0 fully saturated rings. The number of hydrogen-bond donors (Lipinski definition) is 1. The van der Waals surface area contributed by atoms with E-state index in [4.69, 9.17) is 0 Å². The third-order valence-corrected chi connectivity index (χ3v) is 1.57. The van der Waals surface area contributed by atoms with Gasteiger partial charge in [-0.2, -0.15) is 5.10 Å². The van der Waals surface area contributed by atoms with E-state index in [1.165, 1.54) is 0 Å². The quantitative estimate of drug-likeness (QED) is 0.534. The molecule has 0 amide bonds. The standard InChI is InChI=1S/C9H15N3/c1-3-4-6-10-8-9-5-7-12(2)11-9/h3-5,7,10H,6,8H2,1-2H3/b4-3+. The lowest BCUT2D eigenvalue weighted by Crippen LogP contribution is -2.13. The third kappa shape index (κ3) is 2.88. The lowest BCUT2D eigenvalue weighted by molar-refractivity contribution is 0.692. The van der Waals surface area contributed by atoms with Gasteiger partial charge in [0, 0.05) is 26.3 Å². The molecule has 0 radical (unpaired) electrons. The van der Waals surface area contributed by atoms with E-state index in [0.717, 1.165) is 18.8 Å². The van der Waals surface area contributed by atoms with Crippen molar-refractivity contribution in [3.05, 3.63) is 30.1 Å². The minimum absolute atomic E-state index is 0.838. The topological polar surface area (TPSA) is 29.9 Å². The van der Waals surface area contributed by atoms with Crippen molar-refractivity contribution in [2.45, 2.75) is 13.5 Å². The van der Waals surface area contributed by atoms with Crippen LogP contribution in [0.4, 0.5) is 0 Å². The van der Waals surface area contributed by atoms with Crippen LogP contribution in [0.2, 0.25) is 0 Å². The van der Waals surface area contributed by atoms with Gasteiger partial charge in [-0.15, -0.1) is 0 Å². The van der Waals surface area contributed by atoms with Crippen molar-refractivity contribution in [3.63, 3.8) is 0 Å². The first kappa shape index (κ1) is 9.00. The fourth-order valence-corrected chi connectivity index (χ4v) is 0.959. The van der Waals surface area contributed by atoms with E-state index in [1.54, 1.807) is 0 Å². The number of nitrogens with one attached hydrogen (secondary N) is 1. The highest BCUT2D eigenvalue weighted by Gasteiger charge is 1.93.